The third kappa shape index (κ3) is 1.90. The topological polar surface area (TPSA) is 20.3 Å². The molecule has 1 saturated heterocycles. The molecule has 1 heterocycles. The number of halogens is 1. The molecule has 0 N–H and O–H groups in total. The van der Waals surface area contributed by atoms with Gasteiger partial charge in [0.05, 0.1) is 0 Å². The molecule has 2 fully saturated rings. The van der Waals surface area contributed by atoms with E-state index >= 15 is 0 Å². The predicted octanol–water partition coefficient (Wildman–Crippen LogP) is 2.41. The van der Waals surface area contributed by atoms with Crippen LogP contribution >= 0.6 is 11.6 Å². The summed E-state index contributed by atoms with van der Waals surface area (Å²) < 4.78 is 0. The number of nitrogens with zero attached hydrogens (tertiary/aromatic N) is 1. The Morgan fingerprint density at radius 3 is 2.71 bits per heavy atom. The van der Waals surface area contributed by atoms with Gasteiger partial charge in [0.15, 0.2) is 0 Å². The van der Waals surface area contributed by atoms with Crippen LogP contribution in [-0.2, 0) is 4.79 Å². The highest BCUT2D eigenvalue weighted by atomic mass is 35.5. The first-order chi connectivity index (χ1) is 6.83. The second-order valence-electron chi connectivity index (χ2n) is 4.47. The van der Waals surface area contributed by atoms with Gasteiger partial charge in [-0.05, 0) is 31.6 Å². The van der Waals surface area contributed by atoms with Crippen LogP contribution in [0.1, 0.15) is 38.5 Å². The van der Waals surface area contributed by atoms with E-state index in [2.05, 4.69) is 0 Å². The molecule has 1 aliphatic heterocycles. The summed E-state index contributed by atoms with van der Waals surface area (Å²) in [6.45, 7) is 0.937. The van der Waals surface area contributed by atoms with Crippen molar-refractivity contribution in [1.82, 2.24) is 4.90 Å². The molecule has 2 nitrogen and oxygen atoms in total. The van der Waals surface area contributed by atoms with Gasteiger partial charge in [-0.15, -0.1) is 11.6 Å². The van der Waals surface area contributed by atoms with Crippen LogP contribution in [-0.4, -0.2) is 29.3 Å². The van der Waals surface area contributed by atoms with Crippen molar-refractivity contribution >= 4 is 17.5 Å². The summed E-state index contributed by atoms with van der Waals surface area (Å²) in [6, 6.07) is 0.517. The Kier molecular flexibility index (Phi) is 3.32. The summed E-state index contributed by atoms with van der Waals surface area (Å²) in [7, 11) is 0. The van der Waals surface area contributed by atoms with E-state index in [0.717, 1.165) is 12.5 Å². The Morgan fingerprint density at radius 2 is 1.93 bits per heavy atom. The monoisotopic (exact) mass is 215 g/mol. The standard InChI is InChI=1S/C11H18ClNO/c12-8-11(14)13-7-3-5-9-4-1-2-6-10(9)13/h9-10H,1-8H2. The first-order valence-corrected chi connectivity index (χ1v) is 6.22. The maximum absolute atomic E-state index is 11.6. The minimum atomic E-state index is 0.142. The Morgan fingerprint density at radius 1 is 1.21 bits per heavy atom. The van der Waals surface area contributed by atoms with Crippen molar-refractivity contribution in [2.45, 2.75) is 44.6 Å². The van der Waals surface area contributed by atoms with Crippen LogP contribution in [0.5, 0.6) is 0 Å². The average Bonchev–Trinajstić information content (AvgIpc) is 2.27. The third-order valence-electron chi connectivity index (χ3n) is 3.68. The number of carbonyl (C=O) groups excluding carboxylic acids is 1. The molecule has 80 valence electrons. The molecule has 1 aliphatic carbocycles. The van der Waals surface area contributed by atoms with Gasteiger partial charge >= 0.3 is 0 Å². The van der Waals surface area contributed by atoms with Gasteiger partial charge in [0.2, 0.25) is 5.91 Å². The highest BCUT2D eigenvalue weighted by molar-refractivity contribution is 6.27. The van der Waals surface area contributed by atoms with E-state index in [-0.39, 0.29) is 11.8 Å². The van der Waals surface area contributed by atoms with Crippen LogP contribution in [0.4, 0.5) is 0 Å². The number of fused-ring (bicyclic) bond motifs is 1. The molecule has 2 unspecified atom stereocenters. The normalized spacial score (nSPS) is 32.5. The van der Waals surface area contributed by atoms with Crippen molar-refractivity contribution < 1.29 is 4.79 Å². The van der Waals surface area contributed by atoms with Crippen molar-refractivity contribution in [3.8, 4) is 0 Å². The van der Waals surface area contributed by atoms with Gasteiger partial charge in [0, 0.05) is 12.6 Å². The summed E-state index contributed by atoms with van der Waals surface area (Å²) in [5, 5.41) is 0. The van der Waals surface area contributed by atoms with Crippen LogP contribution < -0.4 is 0 Å². The first kappa shape index (κ1) is 10.3. The highest BCUT2D eigenvalue weighted by Crippen LogP contribution is 2.35. The second kappa shape index (κ2) is 4.52. The Labute approximate surface area is 90.6 Å². The number of amides is 1. The fraction of sp³-hybridized carbons (Fsp3) is 0.909. The minimum absolute atomic E-state index is 0.142. The lowest BCUT2D eigenvalue weighted by Gasteiger charge is -2.44. The molecule has 0 spiro atoms. The number of carbonyl (C=O) groups is 1. The molecule has 0 bridgehead atoms. The SMILES string of the molecule is O=C(CCl)N1CCCC2CCCCC21. The molecule has 1 amide bonds. The van der Waals surface area contributed by atoms with E-state index in [9.17, 15) is 4.79 Å². The van der Waals surface area contributed by atoms with Crippen LogP contribution in [0.2, 0.25) is 0 Å². The van der Waals surface area contributed by atoms with Gasteiger partial charge in [0.1, 0.15) is 5.88 Å². The fourth-order valence-corrected chi connectivity index (χ4v) is 3.16. The van der Waals surface area contributed by atoms with Gasteiger partial charge < -0.3 is 4.90 Å². The van der Waals surface area contributed by atoms with Gasteiger partial charge in [-0.25, -0.2) is 0 Å². The number of rotatable bonds is 1. The number of alkyl halides is 1. The van der Waals surface area contributed by atoms with Gasteiger partial charge in [-0.1, -0.05) is 12.8 Å². The molecule has 2 aliphatic rings. The average molecular weight is 216 g/mol. The zero-order valence-corrected chi connectivity index (χ0v) is 9.30. The number of hydrogen-bond acceptors (Lipinski definition) is 1. The molecular weight excluding hydrogens is 198 g/mol. The van der Waals surface area contributed by atoms with Crippen molar-refractivity contribution in [2.75, 3.05) is 12.4 Å². The van der Waals surface area contributed by atoms with Gasteiger partial charge in [-0.2, -0.15) is 0 Å². The van der Waals surface area contributed by atoms with Crippen molar-refractivity contribution in [3.05, 3.63) is 0 Å². The first-order valence-electron chi connectivity index (χ1n) is 5.68. The van der Waals surface area contributed by atoms with Gasteiger partial charge in [0.25, 0.3) is 0 Å². The van der Waals surface area contributed by atoms with Crippen LogP contribution in [0.25, 0.3) is 0 Å². The molecule has 2 atom stereocenters. The van der Waals surface area contributed by atoms with Gasteiger partial charge in [-0.3, -0.25) is 4.79 Å². The van der Waals surface area contributed by atoms with Crippen molar-refractivity contribution in [3.63, 3.8) is 0 Å². The molecule has 2 rings (SSSR count). The Hall–Kier alpha value is -0.240. The molecule has 0 aromatic heterocycles. The predicted molar refractivity (Wildman–Crippen MR) is 57.4 cm³/mol. The fourth-order valence-electron chi connectivity index (χ4n) is 3.01. The lowest BCUT2D eigenvalue weighted by Crippen LogP contribution is -2.50. The zero-order chi connectivity index (χ0) is 9.97. The number of likely N-dealkylation sites (tertiary alicyclic amines) is 1. The second-order valence-corrected chi connectivity index (χ2v) is 4.74. The molecule has 0 aromatic rings. The molecule has 14 heavy (non-hydrogen) atoms. The van der Waals surface area contributed by atoms with Crippen molar-refractivity contribution in [2.24, 2.45) is 5.92 Å². The van der Waals surface area contributed by atoms with E-state index in [1.165, 1.54) is 38.5 Å². The molecule has 3 heteroatoms. The largest absolute Gasteiger partial charge is 0.338 e. The summed E-state index contributed by atoms with van der Waals surface area (Å²) in [5.41, 5.74) is 0. The van der Waals surface area contributed by atoms with Crippen molar-refractivity contribution in [1.29, 1.82) is 0 Å². The van der Waals surface area contributed by atoms with Crippen LogP contribution in [0, 0.1) is 5.92 Å². The molecule has 1 saturated carbocycles. The molecular formula is C11H18ClNO. The minimum Gasteiger partial charge on any atom is -0.338 e. The Balaban J connectivity index is 2.04. The Bertz CT molecular complexity index is 217. The summed E-state index contributed by atoms with van der Waals surface area (Å²) in [4.78, 5) is 13.7. The lowest BCUT2D eigenvalue weighted by atomic mass is 9.78. The van der Waals surface area contributed by atoms with E-state index in [4.69, 9.17) is 11.6 Å². The summed E-state index contributed by atoms with van der Waals surface area (Å²) in [5.74, 6) is 1.07. The van der Waals surface area contributed by atoms with E-state index in [1.54, 1.807) is 0 Å². The third-order valence-corrected chi connectivity index (χ3v) is 3.91. The van der Waals surface area contributed by atoms with E-state index in [1.807, 2.05) is 4.90 Å². The molecule has 0 aromatic carbocycles. The smallest absolute Gasteiger partial charge is 0.237 e. The highest BCUT2D eigenvalue weighted by Gasteiger charge is 2.34. The quantitative estimate of drug-likeness (QED) is 0.616. The van der Waals surface area contributed by atoms with E-state index in [0.29, 0.717) is 6.04 Å². The maximum atomic E-state index is 11.6. The maximum Gasteiger partial charge on any atom is 0.237 e. The lowest BCUT2D eigenvalue weighted by molar-refractivity contribution is -0.134. The number of piperidine rings is 1. The van der Waals surface area contributed by atoms with Crippen LogP contribution in [0.3, 0.4) is 0 Å². The van der Waals surface area contributed by atoms with Crippen LogP contribution in [0.15, 0.2) is 0 Å². The molecule has 0 radical (unpaired) electrons. The summed E-state index contributed by atoms with van der Waals surface area (Å²) in [6.07, 6.45) is 7.64. The number of hydrogen-bond donors (Lipinski definition) is 0. The van der Waals surface area contributed by atoms with E-state index < -0.39 is 0 Å². The summed E-state index contributed by atoms with van der Waals surface area (Å²) >= 11 is 5.63. The zero-order valence-electron chi connectivity index (χ0n) is 8.54.